The molecule has 3 aromatic rings. The molecule has 1 unspecified atom stereocenters. The van der Waals surface area contributed by atoms with E-state index in [1.807, 2.05) is 49.5 Å². The molecule has 0 fully saturated rings. The number of H-pyrrole nitrogens is 1. The lowest BCUT2D eigenvalue weighted by molar-refractivity contribution is -0.126. The van der Waals surface area contributed by atoms with E-state index in [1.165, 1.54) is 50.3 Å². The zero-order valence-corrected chi connectivity index (χ0v) is 24.2. The van der Waals surface area contributed by atoms with E-state index < -0.39 is 6.04 Å². The van der Waals surface area contributed by atoms with Gasteiger partial charge in [0.15, 0.2) is 5.78 Å². The molecular formula is C33H49N3O2. The van der Waals surface area contributed by atoms with E-state index in [-0.39, 0.29) is 11.7 Å². The highest BCUT2D eigenvalue weighted by Gasteiger charge is 2.19. The van der Waals surface area contributed by atoms with Crippen LogP contribution in [0, 0.1) is 6.92 Å². The third-order valence-corrected chi connectivity index (χ3v) is 6.54. The van der Waals surface area contributed by atoms with Crippen molar-refractivity contribution >= 4 is 28.2 Å². The van der Waals surface area contributed by atoms with Gasteiger partial charge in [-0.3, -0.25) is 9.59 Å². The lowest BCUT2D eigenvalue weighted by Crippen LogP contribution is -2.41. The molecule has 1 heterocycles. The summed E-state index contributed by atoms with van der Waals surface area (Å²) in [6, 6.07) is 15.8. The third kappa shape index (κ3) is 11.9. The van der Waals surface area contributed by atoms with E-state index in [9.17, 15) is 9.59 Å². The number of rotatable bonds is 13. The summed E-state index contributed by atoms with van der Waals surface area (Å²) in [4.78, 5) is 27.4. The Hall–Kier alpha value is -3.18. The van der Waals surface area contributed by atoms with Crippen molar-refractivity contribution in [1.29, 1.82) is 0 Å². The van der Waals surface area contributed by atoms with Crippen molar-refractivity contribution in [3.05, 3.63) is 78.0 Å². The van der Waals surface area contributed by atoms with Crippen molar-refractivity contribution in [2.75, 3.05) is 7.05 Å². The molecule has 3 rings (SSSR count). The largest absolute Gasteiger partial charge is 0.361 e. The molecule has 0 saturated carbocycles. The van der Waals surface area contributed by atoms with Crippen molar-refractivity contribution < 1.29 is 9.59 Å². The molecule has 0 aliphatic carbocycles. The number of fused-ring (bicyclic) bond motifs is 1. The van der Waals surface area contributed by atoms with E-state index >= 15 is 0 Å². The molecule has 208 valence electrons. The fourth-order valence-electron chi connectivity index (χ4n) is 4.38. The van der Waals surface area contributed by atoms with Gasteiger partial charge in [-0.2, -0.15) is 0 Å². The number of hydrogen-bond donors (Lipinski definition) is 3. The number of carbonyl (C=O) groups excluding carboxylic acids is 2. The van der Waals surface area contributed by atoms with Crippen molar-refractivity contribution in [3.8, 4) is 0 Å². The third-order valence-electron chi connectivity index (χ3n) is 6.54. The summed E-state index contributed by atoms with van der Waals surface area (Å²) in [5.41, 5.74) is 10.3. The van der Waals surface area contributed by atoms with E-state index in [0.717, 1.165) is 34.9 Å². The van der Waals surface area contributed by atoms with E-state index in [1.54, 1.807) is 6.92 Å². The monoisotopic (exact) mass is 519 g/mol. The number of aromatic amines is 1. The SMILES string of the molecule is C=C(C)c1ccccc1C.CCCCCCCCCC(=O)NC(Cc1c[nH]c2ccccc12)C(C)=O.CN. The maximum absolute atomic E-state index is 12.2. The molecule has 1 amide bonds. The van der Waals surface area contributed by atoms with E-state index in [2.05, 4.69) is 48.6 Å². The smallest absolute Gasteiger partial charge is 0.220 e. The summed E-state index contributed by atoms with van der Waals surface area (Å²) >= 11 is 0. The van der Waals surface area contributed by atoms with Crippen LogP contribution in [0.5, 0.6) is 0 Å². The normalized spacial score (nSPS) is 11.0. The molecule has 0 bridgehead atoms. The first-order valence-corrected chi connectivity index (χ1v) is 14.0. The summed E-state index contributed by atoms with van der Waals surface area (Å²) in [6.45, 7) is 11.8. The Morgan fingerprint density at radius 1 is 0.921 bits per heavy atom. The number of benzene rings is 2. The quantitative estimate of drug-likeness (QED) is 0.204. The van der Waals surface area contributed by atoms with Gasteiger partial charge in [-0.1, -0.05) is 100 Å². The summed E-state index contributed by atoms with van der Waals surface area (Å²) in [5.74, 6) is -0.0122. The van der Waals surface area contributed by atoms with Crippen LogP contribution in [-0.2, 0) is 16.0 Å². The first kappa shape index (κ1) is 32.8. The molecule has 1 aromatic heterocycles. The van der Waals surface area contributed by atoms with Crippen LogP contribution >= 0.6 is 0 Å². The maximum Gasteiger partial charge on any atom is 0.220 e. The lowest BCUT2D eigenvalue weighted by atomic mass is 10.0. The first-order chi connectivity index (χ1) is 18.3. The Labute approximate surface area is 230 Å². The molecule has 5 nitrogen and oxygen atoms in total. The van der Waals surface area contributed by atoms with Crippen molar-refractivity contribution in [1.82, 2.24) is 10.3 Å². The fraction of sp³-hybridized carbons (Fsp3) is 0.455. The number of aromatic nitrogens is 1. The topological polar surface area (TPSA) is 88.0 Å². The number of unbranched alkanes of at least 4 members (excludes halogenated alkanes) is 6. The van der Waals surface area contributed by atoms with Crippen molar-refractivity contribution in [3.63, 3.8) is 0 Å². The van der Waals surface area contributed by atoms with Crippen LogP contribution in [0.15, 0.2) is 61.3 Å². The van der Waals surface area contributed by atoms with Crippen LogP contribution in [-0.4, -0.2) is 29.8 Å². The van der Waals surface area contributed by atoms with E-state index in [0.29, 0.717) is 12.8 Å². The number of nitrogens with one attached hydrogen (secondary N) is 2. The summed E-state index contributed by atoms with van der Waals surface area (Å²) < 4.78 is 0. The van der Waals surface area contributed by atoms with Gasteiger partial charge in [0.25, 0.3) is 0 Å². The predicted octanol–water partition coefficient (Wildman–Crippen LogP) is 7.53. The summed E-state index contributed by atoms with van der Waals surface area (Å²) in [6.07, 6.45) is 11.3. The van der Waals surface area contributed by atoms with Crippen LogP contribution in [0.1, 0.15) is 88.8 Å². The first-order valence-electron chi connectivity index (χ1n) is 14.0. The minimum atomic E-state index is -0.453. The van der Waals surface area contributed by atoms with Crippen LogP contribution in [0.25, 0.3) is 16.5 Å². The Bertz CT molecular complexity index is 1120. The molecule has 38 heavy (non-hydrogen) atoms. The average molecular weight is 520 g/mol. The number of Topliss-reactive ketones (excluding diaryl/α,β-unsaturated/α-hetero) is 1. The van der Waals surface area contributed by atoms with Crippen LogP contribution < -0.4 is 11.1 Å². The van der Waals surface area contributed by atoms with Crippen LogP contribution in [0.3, 0.4) is 0 Å². The molecule has 0 aliphatic rings. The second-order valence-corrected chi connectivity index (χ2v) is 9.76. The Balaban J connectivity index is 0.000000501. The van der Waals surface area contributed by atoms with Gasteiger partial charge in [0.05, 0.1) is 6.04 Å². The van der Waals surface area contributed by atoms with Gasteiger partial charge in [0, 0.05) is 29.9 Å². The van der Waals surface area contributed by atoms with Gasteiger partial charge >= 0.3 is 0 Å². The molecule has 5 heteroatoms. The standard InChI is InChI=1S/C22H32N2O2.C10H12.CH5N/c1-3-4-5-6-7-8-9-14-22(26)24-21(17(2)25)15-18-16-23-20-13-11-10-12-19(18)20;1-8(2)10-7-5-4-6-9(10)3;1-2/h10-13,16,21,23H,3-9,14-15H2,1-2H3,(H,24,26);4-7H,1H2,2-3H3;2H2,1H3. The van der Waals surface area contributed by atoms with Gasteiger partial charge in [-0.25, -0.2) is 0 Å². The molecule has 0 saturated heterocycles. The fourth-order valence-corrected chi connectivity index (χ4v) is 4.38. The molecule has 2 aromatic carbocycles. The molecule has 0 aliphatic heterocycles. The number of aryl methyl sites for hydroxylation is 1. The van der Waals surface area contributed by atoms with Gasteiger partial charge < -0.3 is 16.0 Å². The predicted molar refractivity (Wildman–Crippen MR) is 163 cm³/mol. The zero-order chi connectivity index (χ0) is 28.3. The highest BCUT2D eigenvalue weighted by molar-refractivity contribution is 5.89. The molecule has 0 spiro atoms. The maximum atomic E-state index is 12.2. The minimum absolute atomic E-state index is 0.00296. The number of nitrogens with two attached hydrogens (primary N) is 1. The number of amides is 1. The molecule has 1 atom stereocenters. The molecular weight excluding hydrogens is 470 g/mol. The van der Waals surface area contributed by atoms with Crippen molar-refractivity contribution in [2.24, 2.45) is 5.73 Å². The Morgan fingerprint density at radius 2 is 1.53 bits per heavy atom. The number of hydrogen-bond acceptors (Lipinski definition) is 3. The molecule has 4 N–H and O–H groups in total. The van der Waals surface area contributed by atoms with Gasteiger partial charge in [-0.15, -0.1) is 0 Å². The second kappa shape index (κ2) is 19.0. The van der Waals surface area contributed by atoms with Gasteiger partial charge in [0.1, 0.15) is 0 Å². The van der Waals surface area contributed by atoms with Gasteiger partial charge in [-0.05, 0) is 57.0 Å². The number of para-hydroxylation sites is 1. The average Bonchev–Trinajstić information content (AvgIpc) is 3.32. The summed E-state index contributed by atoms with van der Waals surface area (Å²) in [5, 5.41) is 4.04. The molecule has 0 radical (unpaired) electrons. The Kier molecular flexibility index (Phi) is 16.4. The lowest BCUT2D eigenvalue weighted by Gasteiger charge is -2.15. The number of ketones is 1. The second-order valence-electron chi connectivity index (χ2n) is 9.76. The van der Waals surface area contributed by atoms with Crippen molar-refractivity contribution in [2.45, 2.75) is 91.5 Å². The zero-order valence-electron chi connectivity index (χ0n) is 24.2. The van der Waals surface area contributed by atoms with Gasteiger partial charge in [0.2, 0.25) is 5.91 Å². The van der Waals surface area contributed by atoms with Crippen LogP contribution in [0.2, 0.25) is 0 Å². The summed E-state index contributed by atoms with van der Waals surface area (Å²) in [7, 11) is 1.50. The Morgan fingerprint density at radius 3 is 2.13 bits per heavy atom. The minimum Gasteiger partial charge on any atom is -0.361 e. The van der Waals surface area contributed by atoms with E-state index in [4.69, 9.17) is 0 Å². The highest BCUT2D eigenvalue weighted by atomic mass is 16.2. The number of allylic oxidation sites excluding steroid dienone is 1. The van der Waals surface area contributed by atoms with Crippen LogP contribution in [0.4, 0.5) is 0 Å². The highest BCUT2D eigenvalue weighted by Crippen LogP contribution is 2.19. The number of carbonyl (C=O) groups is 2.